The number of ether oxygens (including phenoxy) is 1. The van der Waals surface area contributed by atoms with Gasteiger partial charge in [-0.2, -0.15) is 0 Å². The van der Waals surface area contributed by atoms with E-state index in [0.717, 1.165) is 18.4 Å². The molecule has 1 heterocycles. The third-order valence-corrected chi connectivity index (χ3v) is 4.49. The van der Waals surface area contributed by atoms with E-state index < -0.39 is 11.5 Å². The van der Waals surface area contributed by atoms with Crippen LogP contribution in [0, 0.1) is 5.41 Å². The van der Waals surface area contributed by atoms with Gasteiger partial charge >= 0.3 is 5.97 Å². The average molecular weight is 304 g/mol. The molecule has 2 atom stereocenters. The summed E-state index contributed by atoms with van der Waals surface area (Å²) in [6.45, 7) is 6.09. The molecule has 1 aliphatic carbocycles. The minimum absolute atomic E-state index is 0.00343. The Morgan fingerprint density at radius 3 is 2.59 bits per heavy atom. The molecule has 22 heavy (non-hydrogen) atoms. The number of cyclic esters (lactones) is 1. The predicted molar refractivity (Wildman–Crippen MR) is 83.2 cm³/mol. The van der Waals surface area contributed by atoms with Gasteiger partial charge in [-0.15, -0.1) is 0 Å². The zero-order valence-electron chi connectivity index (χ0n) is 13.6. The van der Waals surface area contributed by atoms with E-state index in [0.29, 0.717) is 6.42 Å². The van der Waals surface area contributed by atoms with Crippen molar-refractivity contribution in [1.82, 2.24) is 0 Å². The molecular formula is C18H24O4. The van der Waals surface area contributed by atoms with Gasteiger partial charge in [0.25, 0.3) is 0 Å². The Labute approximate surface area is 131 Å². The lowest BCUT2D eigenvalue weighted by Gasteiger charge is -2.32. The summed E-state index contributed by atoms with van der Waals surface area (Å²) in [4.78, 5) is 35.9. The van der Waals surface area contributed by atoms with Gasteiger partial charge in [0.1, 0.15) is 17.7 Å². The van der Waals surface area contributed by atoms with Crippen molar-refractivity contribution in [3.63, 3.8) is 0 Å². The first kappa shape index (κ1) is 16.7. The van der Waals surface area contributed by atoms with Crippen LogP contribution in [0.2, 0.25) is 0 Å². The summed E-state index contributed by atoms with van der Waals surface area (Å²) in [5.74, 6) is -0.323. The Hall–Kier alpha value is -1.71. The number of Topliss-reactive ketones (excluding diaryl/α,β-unsaturated/α-hetero) is 2. The van der Waals surface area contributed by atoms with E-state index in [1.165, 1.54) is 5.57 Å². The fourth-order valence-corrected chi connectivity index (χ4v) is 3.24. The third-order valence-electron chi connectivity index (χ3n) is 4.49. The molecule has 2 aliphatic rings. The van der Waals surface area contributed by atoms with Gasteiger partial charge in [0.05, 0.1) is 11.8 Å². The number of carbonyl (C=O) groups excluding carboxylic acids is 3. The second-order valence-corrected chi connectivity index (χ2v) is 6.72. The highest BCUT2D eigenvalue weighted by Gasteiger charge is 2.55. The van der Waals surface area contributed by atoms with Crippen molar-refractivity contribution in [3.05, 3.63) is 23.3 Å². The molecule has 1 saturated carbocycles. The normalized spacial score (nSPS) is 29.0. The first-order valence-electron chi connectivity index (χ1n) is 7.88. The number of allylic oxidation sites excluding steroid dienone is 3. The van der Waals surface area contributed by atoms with E-state index in [4.69, 9.17) is 4.74 Å². The molecule has 0 aromatic rings. The average Bonchev–Trinajstić information content (AvgIpc) is 2.70. The predicted octanol–water partition coefficient (Wildman–Crippen LogP) is 3.30. The van der Waals surface area contributed by atoms with E-state index in [9.17, 15) is 14.4 Å². The van der Waals surface area contributed by atoms with Gasteiger partial charge in [0.15, 0.2) is 0 Å². The maximum Gasteiger partial charge on any atom is 0.307 e. The van der Waals surface area contributed by atoms with Gasteiger partial charge in [-0.3, -0.25) is 14.4 Å². The van der Waals surface area contributed by atoms with E-state index in [2.05, 4.69) is 19.9 Å². The van der Waals surface area contributed by atoms with Gasteiger partial charge in [-0.25, -0.2) is 0 Å². The van der Waals surface area contributed by atoms with Crippen molar-refractivity contribution >= 4 is 17.5 Å². The van der Waals surface area contributed by atoms with Gasteiger partial charge in [-0.1, -0.05) is 17.2 Å². The van der Waals surface area contributed by atoms with Crippen molar-refractivity contribution in [2.75, 3.05) is 0 Å². The highest BCUT2D eigenvalue weighted by Crippen LogP contribution is 2.45. The summed E-state index contributed by atoms with van der Waals surface area (Å²) >= 11 is 0. The molecule has 0 unspecified atom stereocenters. The van der Waals surface area contributed by atoms with Gasteiger partial charge < -0.3 is 4.74 Å². The molecule has 120 valence electrons. The van der Waals surface area contributed by atoms with E-state index >= 15 is 0 Å². The van der Waals surface area contributed by atoms with E-state index in [1.807, 2.05) is 13.0 Å². The summed E-state index contributed by atoms with van der Waals surface area (Å²) in [6.07, 6.45) is 5.94. The Kier molecular flexibility index (Phi) is 4.99. The molecule has 0 N–H and O–H groups in total. The lowest BCUT2D eigenvalue weighted by Crippen LogP contribution is -2.43. The number of hydrogen-bond donors (Lipinski definition) is 0. The Balaban J connectivity index is 2.17. The summed E-state index contributed by atoms with van der Waals surface area (Å²) < 4.78 is 5.37. The molecule has 1 saturated heterocycles. The number of rotatable bonds is 4. The molecule has 0 bridgehead atoms. The van der Waals surface area contributed by atoms with Crippen molar-refractivity contribution in [2.45, 2.75) is 65.4 Å². The monoisotopic (exact) mass is 304 g/mol. The van der Waals surface area contributed by atoms with Crippen LogP contribution in [0.3, 0.4) is 0 Å². The molecule has 1 spiro atoms. The fourth-order valence-electron chi connectivity index (χ4n) is 3.24. The molecule has 0 aromatic carbocycles. The summed E-state index contributed by atoms with van der Waals surface area (Å²) in [6, 6.07) is 0. The molecule has 2 rings (SSSR count). The largest absolute Gasteiger partial charge is 0.457 e. The van der Waals surface area contributed by atoms with Crippen LogP contribution in [0.1, 0.15) is 59.3 Å². The minimum atomic E-state index is -0.940. The van der Waals surface area contributed by atoms with Crippen molar-refractivity contribution in [2.24, 2.45) is 5.41 Å². The maximum absolute atomic E-state index is 12.4. The first-order valence-corrected chi connectivity index (χ1v) is 7.88. The Bertz CT molecular complexity index is 551. The molecule has 1 aliphatic heterocycles. The zero-order valence-corrected chi connectivity index (χ0v) is 13.6. The zero-order chi connectivity index (χ0) is 16.3. The van der Waals surface area contributed by atoms with Crippen LogP contribution in [-0.4, -0.2) is 23.6 Å². The highest BCUT2D eigenvalue weighted by atomic mass is 16.6. The van der Waals surface area contributed by atoms with Crippen LogP contribution < -0.4 is 0 Å². The molecule has 0 aromatic heterocycles. The second-order valence-electron chi connectivity index (χ2n) is 6.72. The Morgan fingerprint density at radius 2 is 1.91 bits per heavy atom. The number of esters is 1. The summed E-state index contributed by atoms with van der Waals surface area (Å²) in [7, 11) is 0. The Morgan fingerprint density at radius 1 is 1.18 bits per heavy atom. The molecule has 2 fully saturated rings. The van der Waals surface area contributed by atoms with Crippen LogP contribution >= 0.6 is 0 Å². The topological polar surface area (TPSA) is 60.4 Å². The van der Waals surface area contributed by atoms with Crippen molar-refractivity contribution < 1.29 is 19.1 Å². The van der Waals surface area contributed by atoms with Crippen molar-refractivity contribution in [1.29, 1.82) is 0 Å². The molecule has 4 heteroatoms. The fraction of sp³-hybridized carbons (Fsp3) is 0.611. The highest BCUT2D eigenvalue weighted by molar-refractivity contribution is 6.01. The molecular weight excluding hydrogens is 280 g/mol. The van der Waals surface area contributed by atoms with Crippen LogP contribution in [0.15, 0.2) is 23.3 Å². The van der Waals surface area contributed by atoms with Gasteiger partial charge in [0.2, 0.25) is 0 Å². The second kappa shape index (κ2) is 6.59. The first-order chi connectivity index (χ1) is 10.3. The van der Waals surface area contributed by atoms with Crippen LogP contribution in [0.4, 0.5) is 0 Å². The number of hydrogen-bond acceptors (Lipinski definition) is 4. The standard InChI is InChI=1S/C18H24O4/c1-12(2)5-4-6-13(3)9-16-18(11-17(21)22-16)10-14(19)7-8-15(18)20/h5,9,16H,4,6-8,10-11H2,1-3H3/b13-9+/t16-,18+/m1/s1. The summed E-state index contributed by atoms with van der Waals surface area (Å²) in [5, 5.41) is 0. The summed E-state index contributed by atoms with van der Waals surface area (Å²) in [5.41, 5.74) is 1.41. The van der Waals surface area contributed by atoms with Gasteiger partial charge in [0, 0.05) is 19.3 Å². The van der Waals surface area contributed by atoms with Gasteiger partial charge in [-0.05, 0) is 39.7 Å². The van der Waals surface area contributed by atoms with Crippen LogP contribution in [0.25, 0.3) is 0 Å². The van der Waals surface area contributed by atoms with E-state index in [-0.39, 0.29) is 36.8 Å². The van der Waals surface area contributed by atoms with Crippen molar-refractivity contribution in [3.8, 4) is 0 Å². The van der Waals surface area contributed by atoms with Crippen LogP contribution in [0.5, 0.6) is 0 Å². The molecule has 4 nitrogen and oxygen atoms in total. The minimum Gasteiger partial charge on any atom is -0.457 e. The van der Waals surface area contributed by atoms with E-state index in [1.54, 1.807) is 0 Å². The number of carbonyl (C=O) groups is 3. The molecule has 0 amide bonds. The quantitative estimate of drug-likeness (QED) is 0.590. The van der Waals surface area contributed by atoms with Crippen LogP contribution in [-0.2, 0) is 19.1 Å². The maximum atomic E-state index is 12.4. The lowest BCUT2D eigenvalue weighted by atomic mass is 9.67. The lowest BCUT2D eigenvalue weighted by molar-refractivity contribution is -0.142. The SMILES string of the molecule is CC(C)=CCC/C(C)=C/[C@H]1OC(=O)C[C@]12CC(=O)CCC2=O. The third kappa shape index (κ3) is 3.54. The molecule has 0 radical (unpaired) electrons. The smallest absolute Gasteiger partial charge is 0.307 e. The number of ketones is 2.